The number of aliphatic hydroxyl groups excluding tert-OH is 1. The Labute approximate surface area is 163 Å². The largest absolute Gasteiger partial charge is 0.386 e. The van der Waals surface area contributed by atoms with Crippen molar-refractivity contribution in [1.82, 2.24) is 5.32 Å². The molecule has 0 radical (unpaired) electrons. The summed E-state index contributed by atoms with van der Waals surface area (Å²) < 4.78 is 22.9. The number of amides is 1. The maximum atomic E-state index is 12.7. The summed E-state index contributed by atoms with van der Waals surface area (Å²) in [5, 5.41) is 13.6. The normalized spacial score (nSPS) is 32.4. The van der Waals surface area contributed by atoms with Crippen LogP contribution in [0.5, 0.6) is 0 Å². The lowest BCUT2D eigenvalue weighted by atomic mass is 9.94. The highest BCUT2D eigenvalue weighted by atomic mass is 16.7. The van der Waals surface area contributed by atoms with Gasteiger partial charge in [-0.15, -0.1) is 0 Å². The van der Waals surface area contributed by atoms with Crippen molar-refractivity contribution >= 4 is 5.91 Å². The lowest BCUT2D eigenvalue weighted by molar-refractivity contribution is -0.340. The maximum absolute atomic E-state index is 12.7. The molecule has 6 atom stereocenters. The number of nitrogens with one attached hydrogen (secondary N) is 1. The number of aliphatic hydroxyl groups is 1. The molecule has 4 rings (SSSR count). The molecular weight excluding hydrogens is 362 g/mol. The smallest absolute Gasteiger partial charge is 0.251 e. The Bertz CT molecular complexity index is 786. The van der Waals surface area contributed by atoms with Gasteiger partial charge in [0.1, 0.15) is 18.3 Å². The molecule has 2 fully saturated rings. The fourth-order valence-corrected chi connectivity index (χ4v) is 3.57. The maximum Gasteiger partial charge on any atom is 0.251 e. The van der Waals surface area contributed by atoms with Gasteiger partial charge in [-0.05, 0) is 12.1 Å². The first-order valence-corrected chi connectivity index (χ1v) is 9.21. The van der Waals surface area contributed by atoms with Gasteiger partial charge in [0.2, 0.25) is 0 Å². The van der Waals surface area contributed by atoms with Crippen molar-refractivity contribution in [2.45, 2.75) is 36.9 Å². The monoisotopic (exact) mass is 385 g/mol. The van der Waals surface area contributed by atoms with E-state index < -0.39 is 36.9 Å². The molecule has 28 heavy (non-hydrogen) atoms. The molecule has 2 saturated heterocycles. The fourth-order valence-electron chi connectivity index (χ4n) is 3.57. The molecule has 2 heterocycles. The summed E-state index contributed by atoms with van der Waals surface area (Å²) in [4.78, 5) is 12.7. The summed E-state index contributed by atoms with van der Waals surface area (Å²) in [5.41, 5.74) is 1.36. The third-order valence-electron chi connectivity index (χ3n) is 5.01. The molecule has 0 aromatic heterocycles. The number of carbonyl (C=O) groups is 1. The van der Waals surface area contributed by atoms with Gasteiger partial charge in [-0.1, -0.05) is 48.5 Å². The number of carbonyl (C=O) groups excluding carboxylic acids is 1. The van der Waals surface area contributed by atoms with Gasteiger partial charge in [0.05, 0.1) is 12.6 Å². The molecule has 0 bridgehead atoms. The topological polar surface area (TPSA) is 86.3 Å². The molecule has 2 N–H and O–H groups in total. The van der Waals surface area contributed by atoms with E-state index in [1.807, 2.05) is 36.4 Å². The highest BCUT2D eigenvalue weighted by Gasteiger charge is 2.50. The molecule has 1 amide bonds. The standard InChI is InChI=1S/C21H23NO6/c1-25-21-17(23)16(22-19(24)13-8-4-2-5-9-13)18-15(27-21)12-26-20(28-18)14-10-6-3-7-11-14/h2-11,15-18,20-21,23H,12H2,1H3,(H,22,24). The summed E-state index contributed by atoms with van der Waals surface area (Å²) in [6.07, 6.45) is -3.65. The molecule has 0 aliphatic carbocycles. The van der Waals surface area contributed by atoms with E-state index in [9.17, 15) is 9.90 Å². The van der Waals surface area contributed by atoms with Crippen LogP contribution >= 0.6 is 0 Å². The summed E-state index contributed by atoms with van der Waals surface area (Å²) in [6.45, 7) is 0.258. The van der Waals surface area contributed by atoms with Crippen LogP contribution in [0.15, 0.2) is 60.7 Å². The van der Waals surface area contributed by atoms with Gasteiger partial charge in [0, 0.05) is 18.2 Å². The molecule has 0 spiro atoms. The van der Waals surface area contributed by atoms with Gasteiger partial charge < -0.3 is 29.4 Å². The number of rotatable bonds is 4. The van der Waals surface area contributed by atoms with Crippen molar-refractivity contribution in [1.29, 1.82) is 0 Å². The Kier molecular flexibility index (Phi) is 5.70. The molecule has 7 nitrogen and oxygen atoms in total. The Morgan fingerprint density at radius 3 is 2.43 bits per heavy atom. The summed E-state index contributed by atoms with van der Waals surface area (Å²) in [6, 6.07) is 17.6. The third-order valence-corrected chi connectivity index (χ3v) is 5.01. The average Bonchev–Trinajstić information content (AvgIpc) is 2.76. The van der Waals surface area contributed by atoms with Crippen LogP contribution in [0.2, 0.25) is 0 Å². The molecular formula is C21H23NO6. The van der Waals surface area contributed by atoms with Crippen molar-refractivity contribution in [3.8, 4) is 0 Å². The van der Waals surface area contributed by atoms with Crippen molar-refractivity contribution in [2.24, 2.45) is 0 Å². The minimum absolute atomic E-state index is 0.258. The van der Waals surface area contributed by atoms with Crippen LogP contribution in [-0.2, 0) is 18.9 Å². The molecule has 6 unspecified atom stereocenters. The lowest BCUT2D eigenvalue weighted by Gasteiger charge is -2.47. The second kappa shape index (κ2) is 8.38. The van der Waals surface area contributed by atoms with Crippen molar-refractivity contribution in [3.05, 3.63) is 71.8 Å². The van der Waals surface area contributed by atoms with Crippen LogP contribution in [0.3, 0.4) is 0 Å². The first kappa shape index (κ1) is 19.0. The molecule has 7 heteroatoms. The van der Waals surface area contributed by atoms with Crippen LogP contribution < -0.4 is 5.32 Å². The van der Waals surface area contributed by atoms with E-state index in [-0.39, 0.29) is 12.5 Å². The zero-order valence-corrected chi connectivity index (χ0v) is 15.4. The first-order chi connectivity index (χ1) is 13.7. The van der Waals surface area contributed by atoms with Gasteiger partial charge >= 0.3 is 0 Å². The zero-order chi connectivity index (χ0) is 19.5. The van der Waals surface area contributed by atoms with Crippen molar-refractivity contribution < 1.29 is 28.8 Å². The van der Waals surface area contributed by atoms with Gasteiger partial charge in [-0.25, -0.2) is 0 Å². The highest BCUT2D eigenvalue weighted by Crippen LogP contribution is 2.34. The Morgan fingerprint density at radius 1 is 1.07 bits per heavy atom. The molecule has 148 valence electrons. The van der Waals surface area contributed by atoms with E-state index in [4.69, 9.17) is 18.9 Å². The second-order valence-electron chi connectivity index (χ2n) is 6.81. The SMILES string of the molecule is COC1OC2COC(c3ccccc3)OC2C(NC(=O)c2ccccc2)C1O. The van der Waals surface area contributed by atoms with E-state index in [2.05, 4.69) is 5.32 Å². The highest BCUT2D eigenvalue weighted by molar-refractivity contribution is 5.94. The number of hydrogen-bond donors (Lipinski definition) is 2. The zero-order valence-electron chi connectivity index (χ0n) is 15.4. The van der Waals surface area contributed by atoms with E-state index in [0.717, 1.165) is 5.56 Å². The Hall–Kier alpha value is -2.29. The number of ether oxygens (including phenoxy) is 4. The van der Waals surface area contributed by atoms with Gasteiger partial charge in [-0.2, -0.15) is 0 Å². The summed E-state index contributed by atoms with van der Waals surface area (Å²) in [5.74, 6) is -0.300. The van der Waals surface area contributed by atoms with Gasteiger partial charge in [0.15, 0.2) is 12.6 Å². The van der Waals surface area contributed by atoms with Gasteiger partial charge in [-0.3, -0.25) is 4.79 Å². The minimum Gasteiger partial charge on any atom is -0.386 e. The summed E-state index contributed by atoms with van der Waals surface area (Å²) in [7, 11) is 1.45. The average molecular weight is 385 g/mol. The van der Waals surface area contributed by atoms with Crippen LogP contribution in [0.1, 0.15) is 22.2 Å². The van der Waals surface area contributed by atoms with Crippen LogP contribution in [0.4, 0.5) is 0 Å². The third kappa shape index (κ3) is 3.80. The molecule has 2 aliphatic heterocycles. The molecule has 2 aliphatic rings. The Morgan fingerprint density at radius 2 is 1.75 bits per heavy atom. The Balaban J connectivity index is 1.56. The van der Waals surface area contributed by atoms with Gasteiger partial charge in [0.25, 0.3) is 5.91 Å². The minimum atomic E-state index is -1.09. The van der Waals surface area contributed by atoms with E-state index in [0.29, 0.717) is 5.56 Å². The second-order valence-corrected chi connectivity index (χ2v) is 6.81. The number of hydrogen-bond acceptors (Lipinski definition) is 6. The van der Waals surface area contributed by atoms with E-state index in [1.165, 1.54) is 7.11 Å². The van der Waals surface area contributed by atoms with Crippen LogP contribution in [0, 0.1) is 0 Å². The van der Waals surface area contributed by atoms with E-state index in [1.54, 1.807) is 24.3 Å². The number of methoxy groups -OCH3 is 1. The van der Waals surface area contributed by atoms with E-state index >= 15 is 0 Å². The first-order valence-electron chi connectivity index (χ1n) is 9.21. The quantitative estimate of drug-likeness (QED) is 0.832. The lowest BCUT2D eigenvalue weighted by Crippen LogP contribution is -2.67. The van der Waals surface area contributed by atoms with Crippen LogP contribution in [0.25, 0.3) is 0 Å². The molecule has 2 aromatic rings. The predicted molar refractivity (Wildman–Crippen MR) is 99.4 cm³/mol. The molecule has 2 aromatic carbocycles. The number of fused-ring (bicyclic) bond motifs is 1. The van der Waals surface area contributed by atoms with Crippen molar-refractivity contribution in [2.75, 3.05) is 13.7 Å². The number of benzene rings is 2. The fraction of sp³-hybridized carbons (Fsp3) is 0.381. The molecule has 0 saturated carbocycles. The van der Waals surface area contributed by atoms with Crippen LogP contribution in [-0.4, -0.2) is 55.4 Å². The summed E-state index contributed by atoms with van der Waals surface area (Å²) >= 11 is 0. The predicted octanol–water partition coefficient (Wildman–Crippen LogP) is 1.63. The van der Waals surface area contributed by atoms with Crippen molar-refractivity contribution in [3.63, 3.8) is 0 Å².